The van der Waals surface area contributed by atoms with Gasteiger partial charge in [0.1, 0.15) is 15.9 Å². The van der Waals surface area contributed by atoms with E-state index >= 15 is 0 Å². The Morgan fingerprint density at radius 2 is 1.56 bits per heavy atom. The van der Waals surface area contributed by atoms with Crippen LogP contribution >= 0.6 is 7.05 Å². The number of sulfonamides is 1. The van der Waals surface area contributed by atoms with Crippen molar-refractivity contribution in [1.82, 2.24) is 3.71 Å². The van der Waals surface area contributed by atoms with E-state index in [0.717, 1.165) is 69.9 Å². The Kier molecular flexibility index (Phi) is 9.37. The Labute approximate surface area is 197 Å². The maximum atomic E-state index is 13.8. The number of rotatable bonds is 12. The lowest BCUT2D eigenvalue weighted by molar-refractivity contribution is 0.426. The third-order valence-corrected chi connectivity index (χ3v) is 14.8. The highest BCUT2D eigenvalue weighted by Gasteiger charge is 2.44. The molecule has 1 aromatic carbocycles. The summed E-state index contributed by atoms with van der Waals surface area (Å²) in [5.74, 6) is 0. The lowest BCUT2D eigenvalue weighted by Gasteiger charge is -2.38. The van der Waals surface area contributed by atoms with Crippen LogP contribution in [0, 0.1) is 0 Å². The van der Waals surface area contributed by atoms with Gasteiger partial charge in [-0.05, 0) is 69.8 Å². The molecule has 32 heavy (non-hydrogen) atoms. The summed E-state index contributed by atoms with van der Waals surface area (Å²) in [5.41, 5.74) is 0.576. The first-order valence-corrected chi connectivity index (χ1v) is 17.1. The normalized spacial score (nSPS) is 23.5. The van der Waals surface area contributed by atoms with Crippen molar-refractivity contribution in [3.63, 3.8) is 0 Å². The first-order valence-electron chi connectivity index (χ1n) is 12.2. The molecule has 4 rings (SSSR count). The van der Waals surface area contributed by atoms with Gasteiger partial charge in [0.05, 0.1) is 17.0 Å². The molecule has 1 aromatic rings. The number of unbranched alkanes of at least 4 members (excludes halogenated alkanes) is 3. The van der Waals surface area contributed by atoms with Crippen molar-refractivity contribution in [3.8, 4) is 0 Å². The second-order valence-corrected chi connectivity index (χ2v) is 16.3. The van der Waals surface area contributed by atoms with Crippen molar-refractivity contribution < 1.29 is 12.6 Å². The molecule has 0 N–H and O–H groups in total. The monoisotopic (exact) mass is 498 g/mol. The molecule has 3 aliphatic rings. The van der Waals surface area contributed by atoms with E-state index in [-0.39, 0.29) is 16.2 Å². The number of benzene rings is 1. The molecule has 2 aliphatic heterocycles. The lowest BCUT2D eigenvalue weighted by atomic mass is 10.0. The minimum atomic E-state index is -3.90. The summed E-state index contributed by atoms with van der Waals surface area (Å²) in [6.07, 6.45) is 15.4. The fraction of sp³-hybridized carbons (Fsp3) is 0.667. The Morgan fingerprint density at radius 1 is 0.969 bits per heavy atom. The van der Waals surface area contributed by atoms with Gasteiger partial charge in [-0.15, -0.1) is 3.71 Å². The molecular formula is C24H39N2O3PS2. The average Bonchev–Trinajstić information content (AvgIpc) is 2.80. The first-order chi connectivity index (χ1) is 15.4. The summed E-state index contributed by atoms with van der Waals surface area (Å²) in [5, 5.41) is -0.205. The van der Waals surface area contributed by atoms with Crippen molar-refractivity contribution in [2.75, 3.05) is 18.5 Å². The second kappa shape index (κ2) is 11.6. The van der Waals surface area contributed by atoms with Gasteiger partial charge in [0.25, 0.3) is 10.0 Å². The third kappa shape index (κ3) is 5.65. The molecular weight excluding hydrogens is 459 g/mol. The van der Waals surface area contributed by atoms with Crippen LogP contribution in [0.3, 0.4) is 0 Å². The van der Waals surface area contributed by atoms with Crippen LogP contribution in [0.15, 0.2) is 46.1 Å². The Balaban J connectivity index is 2.09. The average molecular weight is 499 g/mol. The van der Waals surface area contributed by atoms with Gasteiger partial charge in [0.15, 0.2) is 0 Å². The first kappa shape index (κ1) is 25.9. The molecule has 2 heterocycles. The molecule has 180 valence electrons. The predicted molar refractivity (Wildman–Crippen MR) is 138 cm³/mol. The van der Waals surface area contributed by atoms with E-state index in [0.29, 0.717) is 5.69 Å². The van der Waals surface area contributed by atoms with Gasteiger partial charge in [-0.2, -0.15) is 0 Å². The minimum absolute atomic E-state index is 0.205. The molecule has 1 saturated heterocycles. The second-order valence-electron chi connectivity index (χ2n) is 9.00. The summed E-state index contributed by atoms with van der Waals surface area (Å²) in [6, 6.07) is 6.83. The van der Waals surface area contributed by atoms with Crippen LogP contribution < -0.4 is 0 Å². The highest BCUT2D eigenvalue weighted by Crippen LogP contribution is 2.55. The molecule has 2 bridgehead atoms. The molecule has 8 heteroatoms. The van der Waals surface area contributed by atoms with Crippen LogP contribution in [-0.2, 0) is 21.0 Å². The van der Waals surface area contributed by atoms with Crippen LogP contribution in [0.1, 0.15) is 72.1 Å². The van der Waals surface area contributed by atoms with Crippen LogP contribution in [0.25, 0.3) is 0 Å². The van der Waals surface area contributed by atoms with Gasteiger partial charge >= 0.3 is 0 Å². The topological polar surface area (TPSA) is 66.8 Å². The molecule has 1 aliphatic carbocycles. The zero-order chi connectivity index (χ0) is 23.2. The number of fused-ring (bicyclic) bond motifs is 2. The van der Waals surface area contributed by atoms with Crippen molar-refractivity contribution in [2.45, 2.75) is 88.3 Å². The number of nitrogens with zero attached hydrogens (tertiary/aromatic N) is 2. The van der Waals surface area contributed by atoms with Crippen molar-refractivity contribution in [2.24, 2.45) is 4.74 Å². The predicted octanol–water partition coefficient (Wildman–Crippen LogP) is 6.67. The summed E-state index contributed by atoms with van der Waals surface area (Å²) >= 11 is 0. The molecule has 3 unspecified atom stereocenters. The van der Waals surface area contributed by atoms with E-state index in [1.54, 1.807) is 12.1 Å². The molecule has 0 saturated carbocycles. The Hall–Kier alpha value is -0.750. The SMILES string of the molecule is CCCCP(CCCC)(CCCC)=Nc1ccccc1S(=O)(=O)N1C2C=CC(CC2)S1=O. The smallest absolute Gasteiger partial charge is 0.256 e. The molecule has 1 fully saturated rings. The largest absolute Gasteiger partial charge is 0.266 e. The summed E-state index contributed by atoms with van der Waals surface area (Å²) < 4.78 is 47.2. The van der Waals surface area contributed by atoms with E-state index in [9.17, 15) is 12.6 Å². The van der Waals surface area contributed by atoms with Gasteiger partial charge in [-0.3, -0.25) is 4.74 Å². The highest BCUT2D eigenvalue weighted by atomic mass is 32.3. The maximum Gasteiger partial charge on any atom is 0.256 e. The number of hydrogen-bond acceptors (Lipinski definition) is 4. The van der Waals surface area contributed by atoms with Gasteiger partial charge in [-0.25, -0.2) is 12.6 Å². The Bertz CT molecular complexity index is 962. The van der Waals surface area contributed by atoms with Gasteiger partial charge in [0.2, 0.25) is 0 Å². The molecule has 0 spiro atoms. The zero-order valence-electron chi connectivity index (χ0n) is 19.8. The Morgan fingerprint density at radius 3 is 2.06 bits per heavy atom. The van der Waals surface area contributed by atoms with Crippen LogP contribution in [-0.4, -0.2) is 46.1 Å². The summed E-state index contributed by atoms with van der Waals surface area (Å²) in [6.45, 7) is 6.63. The van der Waals surface area contributed by atoms with E-state index in [1.165, 1.54) is 3.71 Å². The van der Waals surface area contributed by atoms with Gasteiger partial charge in [-0.1, -0.05) is 64.3 Å². The standard InChI is InChI=1S/C24H39N2O3PS2/c1-4-7-18-30(19-8-5-2,20-9-6-3)25-23-12-10-11-13-24(23)32(28,29)26-21-14-16-22(17-15-21)31(26)27/h10-14,16,21-22H,4-9,15,17-20H2,1-3H3. The molecule has 3 atom stereocenters. The van der Waals surface area contributed by atoms with Crippen molar-refractivity contribution in [3.05, 3.63) is 36.4 Å². The van der Waals surface area contributed by atoms with Crippen LogP contribution in [0.2, 0.25) is 0 Å². The van der Waals surface area contributed by atoms with E-state index in [2.05, 4.69) is 20.8 Å². The fourth-order valence-electron chi connectivity index (χ4n) is 4.59. The molecule has 0 amide bonds. The van der Waals surface area contributed by atoms with E-state index < -0.39 is 28.1 Å². The minimum Gasteiger partial charge on any atom is -0.266 e. The molecule has 5 nitrogen and oxygen atoms in total. The van der Waals surface area contributed by atoms with Gasteiger partial charge in [0, 0.05) is 0 Å². The quantitative estimate of drug-likeness (QED) is 0.239. The maximum absolute atomic E-state index is 13.8. The van der Waals surface area contributed by atoms with Crippen molar-refractivity contribution >= 4 is 33.8 Å². The highest BCUT2D eigenvalue weighted by molar-refractivity contribution is 8.01. The van der Waals surface area contributed by atoms with Crippen LogP contribution in [0.5, 0.6) is 0 Å². The lowest BCUT2D eigenvalue weighted by Crippen LogP contribution is -2.50. The summed E-state index contributed by atoms with van der Waals surface area (Å²) in [4.78, 5) is 0.225. The van der Waals surface area contributed by atoms with Crippen LogP contribution in [0.4, 0.5) is 5.69 Å². The number of hydrogen-bond donors (Lipinski definition) is 0. The molecule has 0 aromatic heterocycles. The summed E-state index contributed by atoms with van der Waals surface area (Å²) in [7, 11) is -7.14. The van der Waals surface area contributed by atoms with E-state index in [1.807, 2.05) is 24.3 Å². The molecule has 0 radical (unpaired) electrons. The van der Waals surface area contributed by atoms with Gasteiger partial charge < -0.3 is 0 Å². The van der Waals surface area contributed by atoms with Crippen molar-refractivity contribution in [1.29, 1.82) is 0 Å². The zero-order valence-corrected chi connectivity index (χ0v) is 22.3. The fourth-order valence-corrected chi connectivity index (χ4v) is 12.9. The third-order valence-electron chi connectivity index (χ3n) is 6.49. The van der Waals surface area contributed by atoms with E-state index in [4.69, 9.17) is 4.74 Å².